The van der Waals surface area contributed by atoms with Crippen LogP contribution in [0.1, 0.15) is 44.7 Å². The third-order valence-electron chi connectivity index (χ3n) is 5.35. The molecule has 1 aliphatic heterocycles. The first-order valence-electron chi connectivity index (χ1n) is 9.78. The zero-order valence-corrected chi connectivity index (χ0v) is 18.4. The molecule has 2 N–H and O–H groups in total. The number of carbonyl (C=O) groups excluding carboxylic acids is 1. The van der Waals surface area contributed by atoms with Gasteiger partial charge in [-0.15, -0.1) is 0 Å². The molecule has 3 rings (SSSR count). The molecule has 1 amide bonds. The summed E-state index contributed by atoms with van der Waals surface area (Å²) in [7, 11) is 0. The lowest BCUT2D eigenvalue weighted by molar-refractivity contribution is -0.116. The van der Waals surface area contributed by atoms with Crippen LogP contribution in [0.3, 0.4) is 0 Å². The number of halogens is 1. The zero-order valence-electron chi connectivity index (χ0n) is 16.8. The van der Waals surface area contributed by atoms with Crippen molar-refractivity contribution in [3.63, 3.8) is 0 Å². The fraction of sp³-hybridized carbons (Fsp3) is 0.435. The molecule has 0 aromatic heterocycles. The van der Waals surface area contributed by atoms with Gasteiger partial charge >= 0.3 is 0 Å². The lowest BCUT2D eigenvalue weighted by Crippen LogP contribution is -2.49. The Balaban J connectivity index is 1.65. The number of nitrogens with one attached hydrogen (secondary N) is 2. The molecule has 0 spiro atoms. The summed E-state index contributed by atoms with van der Waals surface area (Å²) in [6.45, 7) is 8.18. The molecule has 4 nitrogen and oxygen atoms in total. The summed E-state index contributed by atoms with van der Waals surface area (Å²) in [4.78, 5) is 12.6. The van der Waals surface area contributed by atoms with Crippen molar-refractivity contribution < 1.29 is 9.53 Å². The SMILES string of the molecule is CC(C)(C)c1ccc(NC(=O)CNC2(c3cccc(Br)c3)CCOCC2)cc1. The average Bonchev–Trinajstić information content (AvgIpc) is 2.67. The van der Waals surface area contributed by atoms with Gasteiger partial charge in [-0.1, -0.05) is 61.0 Å². The lowest BCUT2D eigenvalue weighted by atomic mass is 9.82. The van der Waals surface area contributed by atoms with E-state index in [1.807, 2.05) is 24.3 Å². The normalized spacial score (nSPS) is 16.6. The number of amides is 1. The monoisotopic (exact) mass is 444 g/mol. The van der Waals surface area contributed by atoms with E-state index in [1.165, 1.54) is 11.1 Å². The van der Waals surface area contributed by atoms with Gasteiger partial charge < -0.3 is 10.1 Å². The van der Waals surface area contributed by atoms with Crippen molar-refractivity contribution in [1.82, 2.24) is 5.32 Å². The highest BCUT2D eigenvalue weighted by molar-refractivity contribution is 9.10. The highest BCUT2D eigenvalue weighted by atomic mass is 79.9. The topological polar surface area (TPSA) is 50.4 Å². The Hall–Kier alpha value is -1.69. The molecule has 1 heterocycles. The van der Waals surface area contributed by atoms with Crippen molar-refractivity contribution in [2.45, 2.75) is 44.6 Å². The second-order valence-corrected chi connectivity index (χ2v) is 9.35. The maximum atomic E-state index is 12.6. The second kappa shape index (κ2) is 8.76. The summed E-state index contributed by atoms with van der Waals surface area (Å²) in [5.41, 5.74) is 3.12. The Bertz CT molecular complexity index is 806. The van der Waals surface area contributed by atoms with Gasteiger partial charge in [-0.3, -0.25) is 10.1 Å². The first-order chi connectivity index (χ1) is 13.3. The second-order valence-electron chi connectivity index (χ2n) is 8.43. The third kappa shape index (κ3) is 5.22. The van der Waals surface area contributed by atoms with Crippen LogP contribution in [0.15, 0.2) is 53.0 Å². The summed E-state index contributed by atoms with van der Waals surface area (Å²) in [6, 6.07) is 16.4. The molecule has 2 aromatic carbocycles. The lowest BCUT2D eigenvalue weighted by Gasteiger charge is -2.38. The predicted octanol–water partition coefficient (Wildman–Crippen LogP) is 4.98. The quantitative estimate of drug-likeness (QED) is 0.683. The molecule has 0 unspecified atom stereocenters. The van der Waals surface area contributed by atoms with E-state index in [4.69, 9.17) is 4.74 Å². The number of hydrogen-bond acceptors (Lipinski definition) is 3. The molecule has 2 aromatic rings. The third-order valence-corrected chi connectivity index (χ3v) is 5.84. The van der Waals surface area contributed by atoms with Gasteiger partial charge in [-0.05, 0) is 53.6 Å². The van der Waals surface area contributed by atoms with Crippen LogP contribution in [0.25, 0.3) is 0 Å². The number of hydrogen-bond donors (Lipinski definition) is 2. The van der Waals surface area contributed by atoms with Gasteiger partial charge in [0.15, 0.2) is 0 Å². The smallest absolute Gasteiger partial charge is 0.238 e. The van der Waals surface area contributed by atoms with E-state index in [2.05, 4.69) is 71.6 Å². The zero-order chi connectivity index (χ0) is 20.2. The van der Waals surface area contributed by atoms with Gasteiger partial charge in [-0.2, -0.15) is 0 Å². The molecule has 1 saturated heterocycles. The molecule has 5 heteroatoms. The van der Waals surface area contributed by atoms with Crippen LogP contribution in [-0.4, -0.2) is 25.7 Å². The highest BCUT2D eigenvalue weighted by Crippen LogP contribution is 2.33. The Morgan fingerprint density at radius 1 is 1.11 bits per heavy atom. The summed E-state index contributed by atoms with van der Waals surface area (Å²) in [5, 5.41) is 6.52. The summed E-state index contributed by atoms with van der Waals surface area (Å²) in [5.74, 6) is -0.0376. The molecule has 0 radical (unpaired) electrons. The molecule has 1 aliphatic rings. The molecule has 0 aliphatic carbocycles. The molecule has 150 valence electrons. The van der Waals surface area contributed by atoms with Crippen LogP contribution in [0, 0.1) is 0 Å². The van der Waals surface area contributed by atoms with Crippen molar-refractivity contribution in [3.05, 3.63) is 64.1 Å². The molecule has 0 bridgehead atoms. The standard InChI is InChI=1S/C23H29BrN2O2/c1-22(2,3)17-7-9-20(10-8-17)26-21(27)16-25-23(11-13-28-14-12-23)18-5-4-6-19(24)15-18/h4-10,15,25H,11-14,16H2,1-3H3,(H,26,27). The van der Waals surface area contributed by atoms with Crippen molar-refractivity contribution in [3.8, 4) is 0 Å². The maximum Gasteiger partial charge on any atom is 0.238 e. The van der Waals surface area contributed by atoms with E-state index < -0.39 is 0 Å². The molecule has 28 heavy (non-hydrogen) atoms. The first-order valence-corrected chi connectivity index (χ1v) is 10.6. The van der Waals surface area contributed by atoms with Crippen molar-refractivity contribution in [2.24, 2.45) is 0 Å². The van der Waals surface area contributed by atoms with E-state index in [0.29, 0.717) is 13.2 Å². The number of carbonyl (C=O) groups is 1. The number of ether oxygens (including phenoxy) is 1. The van der Waals surface area contributed by atoms with E-state index in [1.54, 1.807) is 0 Å². The Kier molecular flexibility index (Phi) is 6.58. The largest absolute Gasteiger partial charge is 0.381 e. The van der Waals surface area contributed by atoms with E-state index in [9.17, 15) is 4.79 Å². The van der Waals surface area contributed by atoms with Crippen LogP contribution < -0.4 is 10.6 Å². The van der Waals surface area contributed by atoms with Gasteiger partial charge in [0.1, 0.15) is 0 Å². The van der Waals surface area contributed by atoms with Gasteiger partial charge in [0.2, 0.25) is 5.91 Å². The Morgan fingerprint density at radius 3 is 2.39 bits per heavy atom. The summed E-state index contributed by atoms with van der Waals surface area (Å²) >= 11 is 3.56. The number of benzene rings is 2. The molecule has 1 fully saturated rings. The van der Waals surface area contributed by atoms with Crippen LogP contribution >= 0.6 is 15.9 Å². The molecular weight excluding hydrogens is 416 g/mol. The average molecular weight is 445 g/mol. The van der Waals surface area contributed by atoms with Crippen molar-refractivity contribution in [1.29, 1.82) is 0 Å². The van der Waals surface area contributed by atoms with Gasteiger partial charge in [0.25, 0.3) is 0 Å². The fourth-order valence-electron chi connectivity index (χ4n) is 3.58. The van der Waals surface area contributed by atoms with E-state index >= 15 is 0 Å². The number of rotatable bonds is 5. The Labute approximate surface area is 176 Å². The minimum atomic E-state index is -0.241. The van der Waals surface area contributed by atoms with E-state index in [0.717, 1.165) is 23.0 Å². The summed E-state index contributed by atoms with van der Waals surface area (Å²) < 4.78 is 6.61. The van der Waals surface area contributed by atoms with Crippen LogP contribution in [0.4, 0.5) is 5.69 Å². The van der Waals surface area contributed by atoms with Crippen LogP contribution in [0.5, 0.6) is 0 Å². The molecule has 0 saturated carbocycles. The fourth-order valence-corrected chi connectivity index (χ4v) is 3.98. The predicted molar refractivity (Wildman–Crippen MR) is 118 cm³/mol. The van der Waals surface area contributed by atoms with Crippen LogP contribution in [0.2, 0.25) is 0 Å². The number of anilines is 1. The highest BCUT2D eigenvalue weighted by Gasteiger charge is 2.34. The van der Waals surface area contributed by atoms with Crippen LogP contribution in [-0.2, 0) is 20.5 Å². The molecule has 0 atom stereocenters. The molecular formula is C23H29BrN2O2. The first kappa shape index (κ1) is 21.0. The van der Waals surface area contributed by atoms with Crippen molar-refractivity contribution in [2.75, 3.05) is 25.1 Å². The Morgan fingerprint density at radius 2 is 1.79 bits per heavy atom. The summed E-state index contributed by atoms with van der Waals surface area (Å²) in [6.07, 6.45) is 1.69. The van der Waals surface area contributed by atoms with Gasteiger partial charge in [-0.25, -0.2) is 0 Å². The van der Waals surface area contributed by atoms with E-state index in [-0.39, 0.29) is 23.4 Å². The van der Waals surface area contributed by atoms with Gasteiger partial charge in [0, 0.05) is 28.9 Å². The maximum absolute atomic E-state index is 12.6. The minimum absolute atomic E-state index is 0.0376. The van der Waals surface area contributed by atoms with Gasteiger partial charge in [0.05, 0.1) is 6.54 Å². The minimum Gasteiger partial charge on any atom is -0.381 e. The van der Waals surface area contributed by atoms with Crippen molar-refractivity contribution >= 4 is 27.5 Å².